The lowest BCUT2D eigenvalue weighted by Gasteiger charge is -1.96. The number of benzene rings is 1. The lowest BCUT2D eigenvalue weighted by atomic mass is 10.1. The summed E-state index contributed by atoms with van der Waals surface area (Å²) in [5.41, 5.74) is 0.821. The second kappa shape index (κ2) is 4.22. The summed E-state index contributed by atoms with van der Waals surface area (Å²) in [5, 5.41) is 4.41. The van der Waals surface area contributed by atoms with Gasteiger partial charge in [0.2, 0.25) is 5.78 Å². The molecular formula is C9H5ClN2OS2. The van der Waals surface area contributed by atoms with Crippen molar-refractivity contribution in [3.05, 3.63) is 44.4 Å². The summed E-state index contributed by atoms with van der Waals surface area (Å²) in [7, 11) is 0. The highest BCUT2D eigenvalue weighted by Gasteiger charge is 2.13. The number of aromatic amines is 1. The number of hydrogen-bond donors (Lipinski definition) is 1. The maximum atomic E-state index is 11.9. The van der Waals surface area contributed by atoms with Crippen LogP contribution in [0.25, 0.3) is 0 Å². The largest absolute Gasteiger partial charge is 0.287 e. The molecule has 0 amide bonds. The number of ketones is 1. The Kier molecular flexibility index (Phi) is 2.95. The Balaban J connectivity index is 2.41. The molecule has 0 bridgehead atoms. The molecule has 0 radical (unpaired) electrons. The number of H-pyrrole nitrogens is 1. The molecule has 0 saturated carbocycles. The van der Waals surface area contributed by atoms with Crippen molar-refractivity contribution in [1.29, 1.82) is 0 Å². The van der Waals surface area contributed by atoms with Gasteiger partial charge in [-0.2, -0.15) is 5.10 Å². The summed E-state index contributed by atoms with van der Waals surface area (Å²) in [6.07, 6.45) is 0. The van der Waals surface area contributed by atoms with E-state index in [1.807, 2.05) is 0 Å². The fourth-order valence-corrected chi connectivity index (χ4v) is 1.92. The molecule has 1 N–H and O–H groups in total. The molecule has 1 aromatic heterocycles. The van der Waals surface area contributed by atoms with Crippen LogP contribution in [0.5, 0.6) is 0 Å². The Bertz CT molecular complexity index is 544. The lowest BCUT2D eigenvalue weighted by Crippen LogP contribution is -2.02. The second-order valence-corrected chi connectivity index (χ2v) is 4.68. The number of carbonyl (C=O) groups excluding carboxylic acids is 1. The molecule has 0 unspecified atom stereocenters. The van der Waals surface area contributed by atoms with Gasteiger partial charge in [-0.25, -0.2) is 4.49 Å². The summed E-state index contributed by atoms with van der Waals surface area (Å²) in [6.45, 7) is 0. The Morgan fingerprint density at radius 1 is 1.40 bits per heavy atom. The fraction of sp³-hybridized carbons (Fsp3) is 0. The zero-order valence-corrected chi connectivity index (χ0v) is 9.75. The molecular weight excluding hydrogens is 252 g/mol. The quantitative estimate of drug-likeness (QED) is 0.663. The van der Waals surface area contributed by atoms with E-state index in [2.05, 4.69) is 9.59 Å². The predicted octanol–water partition coefficient (Wildman–Crippen LogP) is 3.09. The molecule has 0 spiro atoms. The average Bonchev–Trinajstić information content (AvgIpc) is 2.65. The number of nitrogens with zero attached hydrogens (tertiary/aromatic N) is 1. The molecule has 1 aromatic carbocycles. The molecule has 3 nitrogen and oxygen atoms in total. The van der Waals surface area contributed by atoms with E-state index in [9.17, 15) is 4.79 Å². The third-order valence-corrected chi connectivity index (χ3v) is 3.07. The van der Waals surface area contributed by atoms with Crippen LogP contribution in [0.4, 0.5) is 0 Å². The first kappa shape index (κ1) is 10.5. The number of halogens is 1. The van der Waals surface area contributed by atoms with Gasteiger partial charge in [0.25, 0.3) is 0 Å². The van der Waals surface area contributed by atoms with Crippen LogP contribution in [-0.4, -0.2) is 15.4 Å². The molecule has 1 heterocycles. The SMILES string of the molecule is O=C(c1ccc(Cl)cc1)c1n[nH]sc1=S. The molecule has 6 heteroatoms. The highest BCUT2D eigenvalue weighted by molar-refractivity contribution is 7.73. The van der Waals surface area contributed by atoms with E-state index in [4.69, 9.17) is 23.8 Å². The van der Waals surface area contributed by atoms with Crippen LogP contribution in [-0.2, 0) is 0 Å². The van der Waals surface area contributed by atoms with Gasteiger partial charge in [0.15, 0.2) is 5.69 Å². The zero-order chi connectivity index (χ0) is 10.8. The highest BCUT2D eigenvalue weighted by Crippen LogP contribution is 2.14. The highest BCUT2D eigenvalue weighted by atomic mass is 35.5. The van der Waals surface area contributed by atoms with E-state index in [0.717, 1.165) is 11.5 Å². The van der Waals surface area contributed by atoms with Crippen LogP contribution in [0.3, 0.4) is 0 Å². The standard InChI is InChI=1S/C9H5ClN2OS2/c10-6-3-1-5(2-4-6)8(13)7-9(14)15-12-11-7/h1-4,12H. The van der Waals surface area contributed by atoms with Crippen molar-refractivity contribution in [1.82, 2.24) is 9.59 Å². The van der Waals surface area contributed by atoms with Gasteiger partial charge in [-0.15, -0.1) is 0 Å². The molecule has 0 fully saturated rings. The maximum absolute atomic E-state index is 11.9. The van der Waals surface area contributed by atoms with Crippen LogP contribution >= 0.6 is 35.4 Å². The van der Waals surface area contributed by atoms with Crippen molar-refractivity contribution in [3.8, 4) is 0 Å². The fourth-order valence-electron chi connectivity index (χ4n) is 1.09. The molecule has 0 aliphatic rings. The van der Waals surface area contributed by atoms with Crippen molar-refractivity contribution >= 4 is 41.1 Å². The number of aromatic nitrogens is 2. The molecule has 76 valence electrons. The van der Waals surface area contributed by atoms with Crippen LogP contribution < -0.4 is 0 Å². The van der Waals surface area contributed by atoms with E-state index in [-0.39, 0.29) is 11.5 Å². The van der Waals surface area contributed by atoms with Crippen LogP contribution in [0.1, 0.15) is 16.1 Å². The molecule has 0 aliphatic heterocycles. The minimum Gasteiger partial charge on any atom is -0.287 e. The summed E-state index contributed by atoms with van der Waals surface area (Å²) in [6, 6.07) is 6.62. The van der Waals surface area contributed by atoms with E-state index in [1.54, 1.807) is 24.3 Å². The first-order valence-electron chi connectivity index (χ1n) is 4.02. The van der Waals surface area contributed by atoms with Crippen LogP contribution in [0, 0.1) is 3.82 Å². The second-order valence-electron chi connectivity index (χ2n) is 2.78. The molecule has 0 aliphatic carbocycles. The Hall–Kier alpha value is -1.04. The summed E-state index contributed by atoms with van der Waals surface area (Å²) < 4.78 is 3.07. The van der Waals surface area contributed by atoms with Crippen LogP contribution in [0.15, 0.2) is 24.3 Å². The lowest BCUT2D eigenvalue weighted by molar-refractivity contribution is 0.103. The monoisotopic (exact) mass is 256 g/mol. The average molecular weight is 257 g/mol. The third kappa shape index (κ3) is 2.14. The molecule has 15 heavy (non-hydrogen) atoms. The van der Waals surface area contributed by atoms with Gasteiger partial charge in [0, 0.05) is 10.6 Å². The topological polar surface area (TPSA) is 45.8 Å². The van der Waals surface area contributed by atoms with Gasteiger partial charge in [-0.3, -0.25) is 4.79 Å². The van der Waals surface area contributed by atoms with Crippen molar-refractivity contribution in [2.45, 2.75) is 0 Å². The van der Waals surface area contributed by atoms with Crippen molar-refractivity contribution in [2.24, 2.45) is 0 Å². The minimum atomic E-state index is -0.186. The van der Waals surface area contributed by atoms with Gasteiger partial charge < -0.3 is 0 Å². The van der Waals surface area contributed by atoms with Gasteiger partial charge in [-0.05, 0) is 35.8 Å². The van der Waals surface area contributed by atoms with Crippen LogP contribution in [0.2, 0.25) is 5.02 Å². The smallest absolute Gasteiger partial charge is 0.215 e. The minimum absolute atomic E-state index is 0.186. The number of hydrogen-bond acceptors (Lipinski definition) is 4. The Labute approximate surface area is 99.9 Å². The molecule has 2 aromatic rings. The first-order chi connectivity index (χ1) is 7.18. The summed E-state index contributed by atoms with van der Waals surface area (Å²) in [4.78, 5) is 11.9. The maximum Gasteiger partial charge on any atom is 0.215 e. The van der Waals surface area contributed by atoms with Gasteiger partial charge in [0.05, 0.1) is 0 Å². The molecule has 0 atom stereocenters. The van der Waals surface area contributed by atoms with Gasteiger partial charge in [-0.1, -0.05) is 23.8 Å². The van der Waals surface area contributed by atoms with Crippen molar-refractivity contribution < 1.29 is 4.79 Å². The number of nitrogens with one attached hydrogen (secondary N) is 1. The Morgan fingerprint density at radius 3 is 2.60 bits per heavy atom. The number of carbonyl (C=O) groups is 1. The first-order valence-corrected chi connectivity index (χ1v) is 5.63. The Morgan fingerprint density at radius 2 is 2.07 bits per heavy atom. The molecule has 2 rings (SSSR count). The summed E-state index contributed by atoms with van der Waals surface area (Å²) in [5.74, 6) is -0.186. The van der Waals surface area contributed by atoms with Crippen molar-refractivity contribution in [3.63, 3.8) is 0 Å². The van der Waals surface area contributed by atoms with Gasteiger partial charge >= 0.3 is 0 Å². The van der Waals surface area contributed by atoms with E-state index in [0.29, 0.717) is 14.4 Å². The van der Waals surface area contributed by atoms with E-state index < -0.39 is 0 Å². The third-order valence-electron chi connectivity index (χ3n) is 1.81. The summed E-state index contributed by atoms with van der Waals surface area (Å²) >= 11 is 11.8. The zero-order valence-electron chi connectivity index (χ0n) is 7.36. The van der Waals surface area contributed by atoms with Crippen molar-refractivity contribution in [2.75, 3.05) is 0 Å². The number of rotatable bonds is 2. The van der Waals surface area contributed by atoms with E-state index in [1.165, 1.54) is 0 Å². The van der Waals surface area contributed by atoms with Gasteiger partial charge in [0.1, 0.15) is 3.82 Å². The normalized spacial score (nSPS) is 10.2. The van der Waals surface area contributed by atoms with E-state index >= 15 is 0 Å². The molecule has 0 saturated heterocycles. The predicted molar refractivity (Wildman–Crippen MR) is 62.2 cm³/mol.